The molecule has 0 unspecified atom stereocenters. The van der Waals surface area contributed by atoms with Crippen molar-refractivity contribution in [2.24, 2.45) is 0 Å². The number of carbonyl (C=O) groups is 2. The Balaban J connectivity index is 1.51. The van der Waals surface area contributed by atoms with Crippen LogP contribution in [0.5, 0.6) is 0 Å². The number of hydrogen-bond donors (Lipinski definition) is 1. The van der Waals surface area contributed by atoms with E-state index < -0.39 is 5.97 Å². The minimum atomic E-state index is -0.538. The molecule has 1 aromatic heterocycles. The molecule has 1 amide bonds. The first kappa shape index (κ1) is 14.6. The van der Waals surface area contributed by atoms with Crippen LogP contribution in [0, 0.1) is 0 Å². The summed E-state index contributed by atoms with van der Waals surface area (Å²) in [5.74, 6) is -0.786. The minimum absolute atomic E-state index is 0.214. The second-order valence-corrected chi connectivity index (χ2v) is 5.51. The fraction of sp³-hybridized carbons (Fsp3) is 0.438. The van der Waals surface area contributed by atoms with Gasteiger partial charge in [-0.25, -0.2) is 9.78 Å². The number of nitrogens with zero attached hydrogens (tertiary/aromatic N) is 1. The SMILES string of the molecule is O=C(COC(=O)c1ccc2ocnc2c1)NC1CCCCC1. The van der Waals surface area contributed by atoms with Gasteiger partial charge in [0, 0.05) is 6.04 Å². The number of aromatic nitrogens is 1. The molecule has 1 saturated carbocycles. The quantitative estimate of drug-likeness (QED) is 0.877. The number of rotatable bonds is 4. The van der Waals surface area contributed by atoms with Crippen molar-refractivity contribution in [3.05, 3.63) is 30.2 Å². The number of amides is 1. The van der Waals surface area contributed by atoms with Gasteiger partial charge in [-0.2, -0.15) is 0 Å². The molecule has 0 radical (unpaired) electrons. The summed E-state index contributed by atoms with van der Waals surface area (Å²) in [5.41, 5.74) is 1.54. The molecule has 0 saturated heterocycles. The van der Waals surface area contributed by atoms with Gasteiger partial charge >= 0.3 is 5.97 Å². The van der Waals surface area contributed by atoms with Gasteiger partial charge in [0.1, 0.15) is 5.52 Å². The van der Waals surface area contributed by atoms with E-state index in [1.54, 1.807) is 18.2 Å². The summed E-state index contributed by atoms with van der Waals surface area (Å²) in [4.78, 5) is 27.7. The molecule has 116 valence electrons. The monoisotopic (exact) mass is 302 g/mol. The molecule has 1 aliphatic rings. The van der Waals surface area contributed by atoms with Crippen molar-refractivity contribution in [3.8, 4) is 0 Å². The average molecular weight is 302 g/mol. The third kappa shape index (κ3) is 3.44. The molecule has 1 fully saturated rings. The lowest BCUT2D eigenvalue weighted by Gasteiger charge is -2.22. The third-order valence-corrected chi connectivity index (χ3v) is 3.87. The van der Waals surface area contributed by atoms with Gasteiger partial charge in [-0.05, 0) is 31.0 Å². The maximum absolute atomic E-state index is 11.9. The van der Waals surface area contributed by atoms with Crippen LogP contribution in [0.1, 0.15) is 42.5 Å². The molecule has 0 bridgehead atoms. The van der Waals surface area contributed by atoms with E-state index in [2.05, 4.69) is 10.3 Å². The Kier molecular flexibility index (Phi) is 4.37. The normalized spacial score (nSPS) is 15.6. The van der Waals surface area contributed by atoms with Crippen LogP contribution in [0.2, 0.25) is 0 Å². The second-order valence-electron chi connectivity index (χ2n) is 5.51. The molecular weight excluding hydrogens is 284 g/mol. The lowest BCUT2D eigenvalue weighted by Crippen LogP contribution is -2.38. The summed E-state index contributed by atoms with van der Waals surface area (Å²) >= 11 is 0. The van der Waals surface area contributed by atoms with Gasteiger partial charge in [0.05, 0.1) is 5.56 Å². The van der Waals surface area contributed by atoms with Gasteiger partial charge in [-0.1, -0.05) is 19.3 Å². The Hall–Kier alpha value is -2.37. The lowest BCUT2D eigenvalue weighted by molar-refractivity contribution is -0.125. The molecule has 22 heavy (non-hydrogen) atoms. The van der Waals surface area contributed by atoms with Crippen molar-refractivity contribution in [2.75, 3.05) is 6.61 Å². The molecule has 1 aliphatic carbocycles. The van der Waals surface area contributed by atoms with Crippen molar-refractivity contribution < 1.29 is 18.7 Å². The van der Waals surface area contributed by atoms with Gasteiger partial charge in [0.25, 0.3) is 5.91 Å². The van der Waals surface area contributed by atoms with Gasteiger partial charge in [-0.15, -0.1) is 0 Å². The summed E-state index contributed by atoms with van der Waals surface area (Å²) in [6.45, 7) is -0.258. The Morgan fingerprint density at radius 2 is 2.09 bits per heavy atom. The predicted molar refractivity (Wildman–Crippen MR) is 79.3 cm³/mol. The van der Waals surface area contributed by atoms with E-state index in [0.29, 0.717) is 16.7 Å². The van der Waals surface area contributed by atoms with E-state index in [9.17, 15) is 9.59 Å². The number of oxazole rings is 1. The van der Waals surface area contributed by atoms with Crippen LogP contribution in [-0.2, 0) is 9.53 Å². The molecule has 0 spiro atoms. The van der Waals surface area contributed by atoms with Crippen LogP contribution >= 0.6 is 0 Å². The Labute approximate surface area is 127 Å². The van der Waals surface area contributed by atoms with E-state index in [4.69, 9.17) is 9.15 Å². The first-order valence-corrected chi connectivity index (χ1v) is 7.52. The molecule has 1 aromatic carbocycles. The van der Waals surface area contributed by atoms with Crippen molar-refractivity contribution in [1.29, 1.82) is 0 Å². The summed E-state index contributed by atoms with van der Waals surface area (Å²) in [6, 6.07) is 5.04. The van der Waals surface area contributed by atoms with Crippen LogP contribution in [0.4, 0.5) is 0 Å². The van der Waals surface area contributed by atoms with E-state index in [1.807, 2.05) is 0 Å². The Morgan fingerprint density at radius 3 is 2.91 bits per heavy atom. The largest absolute Gasteiger partial charge is 0.452 e. The molecule has 2 aromatic rings. The number of esters is 1. The Bertz CT molecular complexity index is 674. The van der Waals surface area contributed by atoms with Crippen LogP contribution in [0.15, 0.2) is 29.0 Å². The maximum Gasteiger partial charge on any atom is 0.338 e. The van der Waals surface area contributed by atoms with Crippen molar-refractivity contribution in [3.63, 3.8) is 0 Å². The fourth-order valence-electron chi connectivity index (χ4n) is 2.72. The second kappa shape index (κ2) is 6.60. The van der Waals surface area contributed by atoms with E-state index in [1.165, 1.54) is 12.8 Å². The fourth-order valence-corrected chi connectivity index (χ4v) is 2.72. The number of fused-ring (bicyclic) bond motifs is 1. The molecule has 1 N–H and O–H groups in total. The van der Waals surface area contributed by atoms with Crippen LogP contribution in [0.25, 0.3) is 11.1 Å². The summed E-state index contributed by atoms with van der Waals surface area (Å²) in [7, 11) is 0. The van der Waals surface area contributed by atoms with Crippen molar-refractivity contribution in [2.45, 2.75) is 38.1 Å². The molecule has 3 rings (SSSR count). The first-order valence-electron chi connectivity index (χ1n) is 7.52. The number of carbonyl (C=O) groups excluding carboxylic acids is 2. The Morgan fingerprint density at radius 1 is 1.27 bits per heavy atom. The predicted octanol–water partition coefficient (Wildman–Crippen LogP) is 2.43. The zero-order chi connectivity index (χ0) is 15.4. The van der Waals surface area contributed by atoms with Crippen molar-refractivity contribution >= 4 is 23.0 Å². The smallest absolute Gasteiger partial charge is 0.338 e. The first-order chi connectivity index (χ1) is 10.7. The topological polar surface area (TPSA) is 81.4 Å². The van der Waals surface area contributed by atoms with Gasteiger partial charge in [0.15, 0.2) is 18.6 Å². The zero-order valence-corrected chi connectivity index (χ0v) is 12.2. The molecule has 1 heterocycles. The summed E-state index contributed by atoms with van der Waals surface area (Å²) in [6.07, 6.45) is 6.83. The number of nitrogens with one attached hydrogen (secondary N) is 1. The zero-order valence-electron chi connectivity index (χ0n) is 12.2. The van der Waals surface area contributed by atoms with Gasteiger partial charge in [-0.3, -0.25) is 4.79 Å². The number of hydrogen-bond acceptors (Lipinski definition) is 5. The lowest BCUT2D eigenvalue weighted by atomic mass is 9.95. The maximum atomic E-state index is 11.9. The number of ether oxygens (including phenoxy) is 1. The van der Waals surface area contributed by atoms with Gasteiger partial charge in [0.2, 0.25) is 0 Å². The highest BCUT2D eigenvalue weighted by molar-refractivity contribution is 5.94. The summed E-state index contributed by atoms with van der Waals surface area (Å²) < 4.78 is 10.2. The van der Waals surface area contributed by atoms with Crippen LogP contribution in [0.3, 0.4) is 0 Å². The molecule has 6 heteroatoms. The minimum Gasteiger partial charge on any atom is -0.452 e. The van der Waals surface area contributed by atoms with E-state index in [-0.39, 0.29) is 18.6 Å². The number of benzene rings is 1. The third-order valence-electron chi connectivity index (χ3n) is 3.87. The molecule has 0 aliphatic heterocycles. The average Bonchev–Trinajstić information content (AvgIpc) is 3.01. The summed E-state index contributed by atoms with van der Waals surface area (Å²) in [5, 5.41) is 2.91. The highest BCUT2D eigenvalue weighted by Gasteiger charge is 2.17. The highest BCUT2D eigenvalue weighted by atomic mass is 16.5. The van der Waals surface area contributed by atoms with Crippen LogP contribution < -0.4 is 5.32 Å². The standard InChI is InChI=1S/C16H18N2O4/c19-15(18-12-4-2-1-3-5-12)9-21-16(20)11-6-7-14-13(8-11)17-10-22-14/h6-8,10,12H,1-5,9H2,(H,18,19). The van der Waals surface area contributed by atoms with Crippen LogP contribution in [-0.4, -0.2) is 29.5 Å². The molecular formula is C16H18N2O4. The van der Waals surface area contributed by atoms with Gasteiger partial charge < -0.3 is 14.5 Å². The highest BCUT2D eigenvalue weighted by Crippen LogP contribution is 2.17. The van der Waals surface area contributed by atoms with E-state index in [0.717, 1.165) is 25.7 Å². The van der Waals surface area contributed by atoms with Crippen molar-refractivity contribution in [1.82, 2.24) is 10.3 Å². The molecule has 6 nitrogen and oxygen atoms in total. The van der Waals surface area contributed by atoms with E-state index >= 15 is 0 Å². The molecule has 0 atom stereocenters.